The summed E-state index contributed by atoms with van der Waals surface area (Å²) in [6.45, 7) is 1.67. The van der Waals surface area contributed by atoms with Gasteiger partial charge in [-0.25, -0.2) is 9.38 Å². The predicted molar refractivity (Wildman–Crippen MR) is 145 cm³/mol. The fraction of sp³-hybridized carbons (Fsp3) is 0.107. The van der Waals surface area contributed by atoms with Crippen molar-refractivity contribution in [2.75, 3.05) is 12.4 Å². The molecule has 11 heteroatoms. The highest BCUT2D eigenvalue weighted by molar-refractivity contribution is 7.07. The highest BCUT2D eigenvalue weighted by atomic mass is 32.1. The van der Waals surface area contributed by atoms with Crippen molar-refractivity contribution in [3.05, 3.63) is 131 Å². The van der Waals surface area contributed by atoms with E-state index < -0.39 is 22.7 Å². The van der Waals surface area contributed by atoms with Crippen molar-refractivity contribution < 1.29 is 18.8 Å². The number of methoxy groups -OCH3 is 1. The van der Waals surface area contributed by atoms with E-state index in [2.05, 4.69) is 10.3 Å². The van der Waals surface area contributed by atoms with Crippen molar-refractivity contribution in [1.29, 1.82) is 0 Å². The Labute approximate surface area is 225 Å². The van der Waals surface area contributed by atoms with Gasteiger partial charge in [0.25, 0.3) is 17.2 Å². The molecule has 196 valence electrons. The number of anilines is 1. The second-order valence-electron chi connectivity index (χ2n) is 8.66. The molecule has 1 amide bonds. The first-order valence-electron chi connectivity index (χ1n) is 11.7. The Kier molecular flexibility index (Phi) is 6.90. The second kappa shape index (κ2) is 10.5. The van der Waals surface area contributed by atoms with Gasteiger partial charge in [0.1, 0.15) is 11.6 Å². The number of aromatic nitrogens is 1. The summed E-state index contributed by atoms with van der Waals surface area (Å²) >= 11 is 1.18. The summed E-state index contributed by atoms with van der Waals surface area (Å²) in [6.07, 6.45) is 1.73. The Morgan fingerprint density at radius 1 is 1.10 bits per heavy atom. The number of nitrogens with one attached hydrogen (secondary N) is 1. The third-order valence-corrected chi connectivity index (χ3v) is 7.18. The van der Waals surface area contributed by atoms with Crippen LogP contribution in [0.4, 0.5) is 15.8 Å². The van der Waals surface area contributed by atoms with E-state index in [0.29, 0.717) is 32.0 Å². The fourth-order valence-electron chi connectivity index (χ4n) is 4.29. The van der Waals surface area contributed by atoms with Crippen molar-refractivity contribution in [2.24, 2.45) is 4.99 Å². The van der Waals surface area contributed by atoms with E-state index in [4.69, 9.17) is 4.74 Å². The summed E-state index contributed by atoms with van der Waals surface area (Å²) in [5, 5.41) is 14.0. The molecule has 4 aromatic rings. The third kappa shape index (κ3) is 5.12. The van der Waals surface area contributed by atoms with Crippen LogP contribution in [0, 0.1) is 15.9 Å². The first-order chi connectivity index (χ1) is 18.7. The van der Waals surface area contributed by atoms with Gasteiger partial charge in [-0.2, -0.15) is 0 Å². The summed E-state index contributed by atoms with van der Waals surface area (Å²) in [5.41, 5.74) is 1.73. The number of benzene rings is 3. The molecule has 0 saturated heterocycles. The first kappa shape index (κ1) is 25.7. The zero-order chi connectivity index (χ0) is 27.7. The number of amides is 1. The number of fused-ring (bicyclic) bond motifs is 1. The van der Waals surface area contributed by atoms with Gasteiger partial charge < -0.3 is 10.1 Å². The molecule has 1 aliphatic rings. The summed E-state index contributed by atoms with van der Waals surface area (Å²) in [7, 11) is 1.57. The van der Waals surface area contributed by atoms with Gasteiger partial charge in [-0.05, 0) is 72.7 Å². The predicted octanol–water partition coefficient (Wildman–Crippen LogP) is 3.93. The molecular weight excluding hydrogens is 523 g/mol. The van der Waals surface area contributed by atoms with Crippen molar-refractivity contribution in [3.63, 3.8) is 0 Å². The summed E-state index contributed by atoms with van der Waals surface area (Å²) in [4.78, 5) is 42.9. The molecule has 1 aliphatic heterocycles. The topological polar surface area (TPSA) is 116 Å². The molecule has 1 unspecified atom stereocenters. The zero-order valence-electron chi connectivity index (χ0n) is 20.8. The van der Waals surface area contributed by atoms with Crippen molar-refractivity contribution in [1.82, 2.24) is 4.57 Å². The van der Waals surface area contributed by atoms with Gasteiger partial charge in [0.05, 0.1) is 33.9 Å². The SMILES string of the molecule is COc1ccc(/C=c2/sc3n(c2=O)C(c2ccc([N+](=O)[O-])cc2)C(C(=O)Nc2ccc(F)cc2)=C(C)N=3)cc1. The van der Waals surface area contributed by atoms with Crippen LogP contribution in [-0.2, 0) is 4.79 Å². The molecule has 1 atom stereocenters. The Bertz CT molecular complexity index is 1790. The van der Waals surface area contributed by atoms with Crippen molar-refractivity contribution in [3.8, 4) is 5.75 Å². The minimum absolute atomic E-state index is 0.122. The number of carbonyl (C=O) groups excluding carboxylic acids is 1. The van der Waals surface area contributed by atoms with Crippen molar-refractivity contribution >= 4 is 34.7 Å². The molecule has 9 nitrogen and oxygen atoms in total. The van der Waals surface area contributed by atoms with Gasteiger partial charge in [0.15, 0.2) is 4.80 Å². The Hall–Kier alpha value is -4.90. The van der Waals surface area contributed by atoms with Crippen LogP contribution < -0.4 is 24.9 Å². The number of nitro benzene ring substituents is 1. The van der Waals surface area contributed by atoms with Crippen LogP contribution >= 0.6 is 11.3 Å². The Morgan fingerprint density at radius 3 is 2.38 bits per heavy atom. The molecule has 0 spiro atoms. The lowest BCUT2D eigenvalue weighted by Gasteiger charge is -2.25. The fourth-order valence-corrected chi connectivity index (χ4v) is 5.34. The average molecular weight is 545 g/mol. The van der Waals surface area contributed by atoms with E-state index in [1.54, 1.807) is 32.2 Å². The lowest BCUT2D eigenvalue weighted by Crippen LogP contribution is -2.40. The van der Waals surface area contributed by atoms with E-state index >= 15 is 0 Å². The number of thiazole rings is 1. The maximum absolute atomic E-state index is 13.7. The molecule has 39 heavy (non-hydrogen) atoms. The van der Waals surface area contributed by atoms with Crippen LogP contribution in [0.25, 0.3) is 6.08 Å². The highest BCUT2D eigenvalue weighted by Gasteiger charge is 2.32. The number of nitrogens with zero attached hydrogens (tertiary/aromatic N) is 3. The molecule has 2 heterocycles. The van der Waals surface area contributed by atoms with Gasteiger partial charge in [-0.15, -0.1) is 0 Å². The van der Waals surface area contributed by atoms with Gasteiger partial charge in [-0.1, -0.05) is 23.5 Å². The molecule has 0 radical (unpaired) electrons. The number of non-ortho nitro benzene ring substituents is 1. The molecule has 0 aliphatic carbocycles. The maximum atomic E-state index is 13.7. The summed E-state index contributed by atoms with van der Waals surface area (Å²) < 4.78 is 20.4. The largest absolute Gasteiger partial charge is 0.497 e. The molecule has 1 N–H and O–H groups in total. The number of halogens is 1. The number of nitro groups is 1. The summed E-state index contributed by atoms with van der Waals surface area (Å²) in [5.74, 6) is -0.301. The Balaban J connectivity index is 1.64. The van der Waals surface area contributed by atoms with Crippen molar-refractivity contribution in [2.45, 2.75) is 13.0 Å². The van der Waals surface area contributed by atoms with Crippen LogP contribution in [0.5, 0.6) is 5.75 Å². The smallest absolute Gasteiger partial charge is 0.271 e. The van der Waals surface area contributed by atoms with E-state index in [-0.39, 0.29) is 16.8 Å². The molecule has 3 aromatic carbocycles. The summed E-state index contributed by atoms with van der Waals surface area (Å²) in [6, 6.07) is 17.3. The van der Waals surface area contributed by atoms with Gasteiger partial charge >= 0.3 is 0 Å². The van der Waals surface area contributed by atoms with Crippen LogP contribution in [-0.4, -0.2) is 22.5 Å². The van der Waals surface area contributed by atoms with E-state index in [1.165, 1.54) is 64.4 Å². The number of ether oxygens (including phenoxy) is 1. The van der Waals surface area contributed by atoms with Gasteiger partial charge in [0, 0.05) is 17.8 Å². The van der Waals surface area contributed by atoms with Gasteiger partial charge in [-0.3, -0.25) is 24.3 Å². The normalized spacial score (nSPS) is 14.9. The Morgan fingerprint density at radius 2 is 1.77 bits per heavy atom. The van der Waals surface area contributed by atoms with Crippen LogP contribution in [0.2, 0.25) is 0 Å². The molecule has 0 saturated carbocycles. The lowest BCUT2D eigenvalue weighted by atomic mass is 9.95. The number of allylic oxidation sites excluding steroid dienone is 1. The number of rotatable bonds is 6. The zero-order valence-corrected chi connectivity index (χ0v) is 21.6. The van der Waals surface area contributed by atoms with E-state index in [1.807, 2.05) is 12.1 Å². The third-order valence-electron chi connectivity index (χ3n) is 6.20. The van der Waals surface area contributed by atoms with E-state index in [9.17, 15) is 24.1 Å². The van der Waals surface area contributed by atoms with Crippen LogP contribution in [0.15, 0.2) is 93.9 Å². The van der Waals surface area contributed by atoms with Crippen LogP contribution in [0.1, 0.15) is 24.1 Å². The maximum Gasteiger partial charge on any atom is 0.271 e. The number of carbonyl (C=O) groups is 1. The van der Waals surface area contributed by atoms with E-state index in [0.717, 1.165) is 5.56 Å². The molecule has 1 aromatic heterocycles. The number of hydrogen-bond donors (Lipinski definition) is 1. The quantitative estimate of drug-likeness (QED) is 0.292. The standard InChI is InChI=1S/C28H21FN4O5S/c1-16-24(26(34)31-20-9-7-19(29)8-10-20)25(18-5-11-21(12-6-18)33(36)37)32-27(35)23(39-28(32)30-16)15-17-3-13-22(38-2)14-4-17/h3-15,25H,1-2H3,(H,31,34)/b23-15+. The van der Waals surface area contributed by atoms with Crippen LogP contribution in [0.3, 0.4) is 0 Å². The number of hydrogen-bond acceptors (Lipinski definition) is 7. The second-order valence-corrected chi connectivity index (χ2v) is 9.67. The first-order valence-corrected chi connectivity index (χ1v) is 12.5. The highest BCUT2D eigenvalue weighted by Crippen LogP contribution is 2.31. The molecule has 0 bridgehead atoms. The molecular formula is C28H21FN4O5S. The average Bonchev–Trinajstić information content (AvgIpc) is 3.23. The molecule has 5 rings (SSSR count). The lowest BCUT2D eigenvalue weighted by molar-refractivity contribution is -0.384. The minimum Gasteiger partial charge on any atom is -0.497 e. The molecule has 0 fully saturated rings. The van der Waals surface area contributed by atoms with Gasteiger partial charge in [0.2, 0.25) is 0 Å². The monoisotopic (exact) mass is 544 g/mol. The minimum atomic E-state index is -0.902.